The minimum absolute atomic E-state index is 0.00841. The van der Waals surface area contributed by atoms with Gasteiger partial charge in [0.1, 0.15) is 11.9 Å². The number of nitrogens with zero attached hydrogens (tertiary/aromatic N) is 4. The fourth-order valence-corrected chi connectivity index (χ4v) is 5.16. The van der Waals surface area contributed by atoms with E-state index in [2.05, 4.69) is 10.2 Å². The first kappa shape index (κ1) is 24.6. The van der Waals surface area contributed by atoms with Crippen molar-refractivity contribution in [3.8, 4) is 5.75 Å². The van der Waals surface area contributed by atoms with E-state index in [1.807, 2.05) is 25.7 Å². The Morgan fingerprint density at radius 1 is 1.18 bits per heavy atom. The number of ether oxygens (including phenoxy) is 1. The Morgan fingerprint density at radius 2 is 1.91 bits per heavy atom. The molecule has 1 aromatic carbocycles. The van der Waals surface area contributed by atoms with Crippen LogP contribution in [0.1, 0.15) is 51.0 Å². The summed E-state index contributed by atoms with van der Waals surface area (Å²) in [7, 11) is -2.50. The molecule has 34 heavy (non-hydrogen) atoms. The molecule has 1 N–H and O–H groups in total. The third-order valence-electron chi connectivity index (χ3n) is 6.21. The van der Waals surface area contributed by atoms with Crippen LogP contribution in [0.5, 0.6) is 5.75 Å². The van der Waals surface area contributed by atoms with Gasteiger partial charge in [-0.05, 0) is 32.9 Å². The quantitative estimate of drug-likeness (QED) is 0.567. The van der Waals surface area contributed by atoms with Crippen molar-refractivity contribution in [3.05, 3.63) is 41.2 Å². The van der Waals surface area contributed by atoms with Gasteiger partial charge in [-0.3, -0.25) is 4.90 Å². The summed E-state index contributed by atoms with van der Waals surface area (Å²) in [6.45, 7) is 7.95. The predicted molar refractivity (Wildman–Crippen MR) is 127 cm³/mol. The number of anilines is 2. The van der Waals surface area contributed by atoms with Gasteiger partial charge in [0.25, 0.3) is 0 Å². The van der Waals surface area contributed by atoms with E-state index in [9.17, 15) is 17.2 Å². The third-order valence-corrected chi connectivity index (χ3v) is 6.81. The fraction of sp³-hybridized carbons (Fsp3) is 0.565. The molecule has 3 heterocycles. The normalized spacial score (nSPS) is 19.5. The Balaban J connectivity index is 1.51. The summed E-state index contributed by atoms with van der Waals surface area (Å²) in [5.41, 5.74) is 1.70. The first-order valence-electron chi connectivity index (χ1n) is 11.6. The first-order valence-corrected chi connectivity index (χ1v) is 13.0. The lowest BCUT2D eigenvalue weighted by molar-refractivity contribution is 0.163. The van der Waals surface area contributed by atoms with E-state index in [0.29, 0.717) is 44.7 Å². The van der Waals surface area contributed by atoms with E-state index in [-0.39, 0.29) is 29.8 Å². The van der Waals surface area contributed by atoms with Crippen molar-refractivity contribution < 1.29 is 21.9 Å². The van der Waals surface area contributed by atoms with Crippen molar-refractivity contribution in [1.82, 2.24) is 14.9 Å². The zero-order valence-electron chi connectivity index (χ0n) is 19.6. The van der Waals surface area contributed by atoms with Gasteiger partial charge in [0.2, 0.25) is 0 Å². The highest BCUT2D eigenvalue weighted by molar-refractivity contribution is 7.72. The molecule has 1 aromatic heterocycles. The molecule has 0 amide bonds. The second-order valence-corrected chi connectivity index (χ2v) is 10.1. The van der Waals surface area contributed by atoms with E-state index >= 15 is 0 Å². The number of fused-ring (bicyclic) bond motifs is 1. The molecule has 1 unspecified atom stereocenters. The lowest BCUT2D eigenvalue weighted by Gasteiger charge is -2.36. The van der Waals surface area contributed by atoms with Crippen molar-refractivity contribution in [2.45, 2.75) is 58.2 Å². The topological polar surface area (TPSA) is 87.7 Å². The molecule has 0 aliphatic carbocycles. The number of rotatable bonds is 7. The van der Waals surface area contributed by atoms with Gasteiger partial charge in [0, 0.05) is 51.0 Å². The van der Waals surface area contributed by atoms with Crippen molar-refractivity contribution in [2.75, 3.05) is 35.7 Å². The highest BCUT2D eigenvalue weighted by atomic mass is 32.2. The molecule has 4 rings (SSSR count). The minimum Gasteiger partial charge on any atom is -0.487 e. The average Bonchev–Trinajstić information content (AvgIpc) is 2.78. The summed E-state index contributed by atoms with van der Waals surface area (Å²) < 4.78 is 55.5. The zero-order valence-corrected chi connectivity index (χ0v) is 20.5. The summed E-state index contributed by atoms with van der Waals surface area (Å²) in [5.74, 6) is 0.196. The minimum atomic E-state index is -2.50. The maximum atomic E-state index is 14.0. The standard InChI is InChI=1S/C23H31F2N5O3S/c1-14(2)26-22-23(27-19-8-11-30(13-34(31)32)15(3)21(19)28-22)29-9-6-17(7-10-29)33-20-5-4-16(24)12-18(20)25/h4-5,12,14-15,17,34H,6-11,13H2,1-3H3,(H,26,28). The molecular weight excluding hydrogens is 464 g/mol. The molecule has 2 aliphatic heterocycles. The largest absolute Gasteiger partial charge is 0.487 e. The number of halogens is 2. The number of thiol groups is 1. The number of benzene rings is 1. The molecule has 8 nitrogen and oxygen atoms in total. The molecule has 0 radical (unpaired) electrons. The van der Waals surface area contributed by atoms with Crippen LogP contribution in [0.25, 0.3) is 0 Å². The molecule has 2 aromatic rings. The highest BCUT2D eigenvalue weighted by Gasteiger charge is 2.31. The molecule has 0 spiro atoms. The fourth-order valence-electron chi connectivity index (χ4n) is 4.48. The lowest BCUT2D eigenvalue weighted by Crippen LogP contribution is -2.41. The molecule has 1 atom stereocenters. The number of hydrogen-bond acceptors (Lipinski definition) is 8. The van der Waals surface area contributed by atoms with Gasteiger partial charge < -0.3 is 15.0 Å². The number of hydrogen-bond donors (Lipinski definition) is 2. The Morgan fingerprint density at radius 3 is 2.56 bits per heavy atom. The zero-order chi connectivity index (χ0) is 24.4. The third kappa shape index (κ3) is 5.57. The van der Waals surface area contributed by atoms with E-state index in [1.54, 1.807) is 0 Å². The van der Waals surface area contributed by atoms with Gasteiger partial charge in [0.15, 0.2) is 33.9 Å². The van der Waals surface area contributed by atoms with Crippen LogP contribution in [0.4, 0.5) is 20.4 Å². The first-order chi connectivity index (χ1) is 16.2. The number of piperidine rings is 1. The monoisotopic (exact) mass is 495 g/mol. The second-order valence-electron chi connectivity index (χ2n) is 9.12. The second kappa shape index (κ2) is 10.4. The van der Waals surface area contributed by atoms with Crippen LogP contribution in [-0.4, -0.2) is 60.9 Å². The van der Waals surface area contributed by atoms with Crippen molar-refractivity contribution in [1.29, 1.82) is 0 Å². The predicted octanol–water partition coefficient (Wildman–Crippen LogP) is 3.11. The lowest BCUT2D eigenvalue weighted by atomic mass is 10.0. The van der Waals surface area contributed by atoms with Crippen LogP contribution in [-0.2, 0) is 17.1 Å². The smallest absolute Gasteiger partial charge is 0.172 e. The van der Waals surface area contributed by atoms with Crippen LogP contribution in [0.15, 0.2) is 18.2 Å². The molecular formula is C23H31F2N5O3S. The highest BCUT2D eigenvalue weighted by Crippen LogP contribution is 2.34. The Bertz CT molecular complexity index is 1100. The Hall–Kier alpha value is -2.53. The summed E-state index contributed by atoms with van der Waals surface area (Å²) in [6, 6.07) is 3.34. The van der Waals surface area contributed by atoms with Crippen LogP contribution < -0.4 is 15.0 Å². The van der Waals surface area contributed by atoms with Crippen molar-refractivity contribution in [3.63, 3.8) is 0 Å². The van der Waals surface area contributed by atoms with Gasteiger partial charge in [-0.15, -0.1) is 0 Å². The van der Waals surface area contributed by atoms with E-state index in [0.717, 1.165) is 23.3 Å². The maximum Gasteiger partial charge on any atom is 0.172 e. The SMILES string of the molecule is CC(C)Nc1nc2c(nc1N1CCC(Oc3ccc(F)cc3F)CC1)CCN(C[SH](=O)=O)C2C. The van der Waals surface area contributed by atoms with Gasteiger partial charge in [-0.2, -0.15) is 0 Å². The van der Waals surface area contributed by atoms with Gasteiger partial charge in [-0.25, -0.2) is 27.2 Å². The Labute approximate surface area is 200 Å². The summed E-state index contributed by atoms with van der Waals surface area (Å²) in [5, 5.41) is 3.39. The molecule has 11 heteroatoms. The van der Waals surface area contributed by atoms with Gasteiger partial charge in [-0.1, -0.05) is 0 Å². The van der Waals surface area contributed by atoms with Crippen LogP contribution >= 0.6 is 0 Å². The maximum absolute atomic E-state index is 14.0. The average molecular weight is 496 g/mol. The molecule has 1 saturated heterocycles. The van der Waals surface area contributed by atoms with Crippen molar-refractivity contribution >= 4 is 22.3 Å². The molecule has 2 aliphatic rings. The summed E-state index contributed by atoms with van der Waals surface area (Å²) >= 11 is 0. The summed E-state index contributed by atoms with van der Waals surface area (Å²) in [4.78, 5) is 13.9. The Kier molecular flexibility index (Phi) is 7.51. The number of aromatic nitrogens is 2. The summed E-state index contributed by atoms with van der Waals surface area (Å²) in [6.07, 6.45) is 1.79. The molecule has 1 fully saturated rings. The van der Waals surface area contributed by atoms with E-state index in [4.69, 9.17) is 14.7 Å². The number of nitrogens with one attached hydrogen (secondary N) is 1. The van der Waals surface area contributed by atoms with Crippen LogP contribution in [0, 0.1) is 11.6 Å². The van der Waals surface area contributed by atoms with Crippen LogP contribution in [0.3, 0.4) is 0 Å². The molecule has 0 bridgehead atoms. The van der Waals surface area contributed by atoms with Crippen LogP contribution in [0.2, 0.25) is 0 Å². The molecule has 186 valence electrons. The van der Waals surface area contributed by atoms with Crippen molar-refractivity contribution in [2.24, 2.45) is 0 Å². The van der Waals surface area contributed by atoms with Gasteiger partial charge in [0.05, 0.1) is 23.3 Å². The van der Waals surface area contributed by atoms with Gasteiger partial charge >= 0.3 is 0 Å². The van der Waals surface area contributed by atoms with E-state index < -0.39 is 22.3 Å². The molecule has 0 saturated carbocycles. The van der Waals surface area contributed by atoms with E-state index in [1.165, 1.54) is 12.1 Å².